The van der Waals surface area contributed by atoms with E-state index in [-0.39, 0.29) is 0 Å². The van der Waals surface area contributed by atoms with Gasteiger partial charge in [0.25, 0.3) is 0 Å². The second-order valence-corrected chi connectivity index (χ2v) is 6.11. The number of aryl methyl sites for hydroxylation is 2. The van der Waals surface area contributed by atoms with Crippen molar-refractivity contribution in [3.05, 3.63) is 42.0 Å². The molecule has 1 aliphatic heterocycles. The van der Waals surface area contributed by atoms with Crippen LogP contribution < -0.4 is 5.32 Å². The summed E-state index contributed by atoms with van der Waals surface area (Å²) in [5, 5.41) is 3.15. The van der Waals surface area contributed by atoms with Gasteiger partial charge in [-0.05, 0) is 31.0 Å². The van der Waals surface area contributed by atoms with Gasteiger partial charge in [-0.25, -0.2) is 19.7 Å². The van der Waals surface area contributed by atoms with E-state index in [1.54, 1.807) is 0 Å². The maximum atomic E-state index is 11.4. The van der Waals surface area contributed by atoms with Crippen molar-refractivity contribution in [2.75, 3.05) is 12.4 Å². The molecule has 0 amide bonds. The molecule has 0 saturated heterocycles. The molecule has 2 aromatic heterocycles. The summed E-state index contributed by atoms with van der Waals surface area (Å²) in [6, 6.07) is 6.09. The zero-order chi connectivity index (χ0) is 17.2. The molecule has 0 saturated carbocycles. The van der Waals surface area contributed by atoms with Gasteiger partial charge < -0.3 is 14.6 Å². The number of hydrogen-bond acceptors (Lipinski definition) is 6. The first kappa shape index (κ1) is 15.6. The maximum Gasteiger partial charge on any atom is 0.341 e. The Hall–Kier alpha value is -2.96. The number of carbonyl (C=O) groups is 1. The fraction of sp³-hybridized carbons (Fsp3) is 0.333. The third-order valence-electron chi connectivity index (χ3n) is 4.44. The van der Waals surface area contributed by atoms with E-state index >= 15 is 0 Å². The summed E-state index contributed by atoms with van der Waals surface area (Å²) in [6.45, 7) is 1.04. The van der Waals surface area contributed by atoms with Crippen molar-refractivity contribution >= 4 is 28.6 Å². The number of carbonyl (C=O) groups excluding carboxylic acids is 1. The maximum absolute atomic E-state index is 11.4. The molecule has 1 aliphatic rings. The summed E-state index contributed by atoms with van der Waals surface area (Å²) < 4.78 is 6.97. The Bertz CT molecular complexity index is 917. The van der Waals surface area contributed by atoms with Gasteiger partial charge in [0, 0.05) is 31.0 Å². The van der Waals surface area contributed by atoms with Gasteiger partial charge in [0.05, 0.1) is 23.7 Å². The predicted molar refractivity (Wildman–Crippen MR) is 93.9 cm³/mol. The minimum atomic E-state index is -0.451. The Morgan fingerprint density at radius 1 is 1.20 bits per heavy atom. The normalized spacial score (nSPS) is 14.0. The van der Waals surface area contributed by atoms with E-state index in [4.69, 9.17) is 4.98 Å². The summed E-state index contributed by atoms with van der Waals surface area (Å²) in [4.78, 5) is 24.5. The summed E-state index contributed by atoms with van der Waals surface area (Å²) in [5.41, 5.74) is 3.34. The third-order valence-corrected chi connectivity index (χ3v) is 4.44. The Morgan fingerprint density at radius 2 is 2.04 bits per heavy atom. The van der Waals surface area contributed by atoms with E-state index in [2.05, 4.69) is 30.7 Å². The smallest absolute Gasteiger partial charge is 0.341 e. The molecule has 0 spiro atoms. The van der Waals surface area contributed by atoms with E-state index in [1.807, 2.05) is 12.1 Å². The number of rotatable bonds is 3. The molecule has 25 heavy (non-hydrogen) atoms. The van der Waals surface area contributed by atoms with Crippen LogP contribution in [-0.2, 0) is 17.7 Å². The van der Waals surface area contributed by atoms with Crippen LogP contribution in [0.4, 0.5) is 11.6 Å². The van der Waals surface area contributed by atoms with Crippen LogP contribution in [0.5, 0.6) is 0 Å². The fourth-order valence-electron chi connectivity index (χ4n) is 3.17. The number of imidazole rings is 1. The van der Waals surface area contributed by atoms with E-state index in [0.717, 1.165) is 24.2 Å². The lowest BCUT2D eigenvalue weighted by Crippen LogP contribution is -2.04. The standard InChI is InChI=1S/C18H19N5O2/c1-25-17(24)12-10-19-18(20-11-12)21-13-6-7-15-14(9-13)22-16-5-3-2-4-8-23(15)16/h6-7,9-11H,2-5,8H2,1H3,(H,19,20,21). The molecule has 1 aromatic carbocycles. The number of aromatic nitrogens is 4. The molecule has 0 fully saturated rings. The van der Waals surface area contributed by atoms with Gasteiger partial charge in [-0.15, -0.1) is 0 Å². The molecular weight excluding hydrogens is 318 g/mol. The molecule has 0 unspecified atom stereocenters. The van der Waals surface area contributed by atoms with Gasteiger partial charge in [0.1, 0.15) is 5.82 Å². The van der Waals surface area contributed by atoms with E-state index in [9.17, 15) is 4.79 Å². The van der Waals surface area contributed by atoms with Gasteiger partial charge in [0.2, 0.25) is 5.95 Å². The molecular formula is C18H19N5O2. The van der Waals surface area contributed by atoms with Crippen molar-refractivity contribution in [1.82, 2.24) is 19.5 Å². The average molecular weight is 337 g/mol. The van der Waals surface area contributed by atoms with Crippen LogP contribution in [0, 0.1) is 0 Å². The first-order valence-corrected chi connectivity index (χ1v) is 8.41. The van der Waals surface area contributed by atoms with Crippen LogP contribution in [0.15, 0.2) is 30.6 Å². The second kappa shape index (κ2) is 6.51. The van der Waals surface area contributed by atoms with Crippen molar-refractivity contribution in [1.29, 1.82) is 0 Å². The lowest BCUT2D eigenvalue weighted by molar-refractivity contribution is 0.0600. The van der Waals surface area contributed by atoms with E-state index in [0.29, 0.717) is 11.5 Å². The summed E-state index contributed by atoms with van der Waals surface area (Å²) in [6.07, 6.45) is 7.60. The number of ether oxygens (including phenoxy) is 1. The Labute approximate surface area is 145 Å². The zero-order valence-electron chi connectivity index (χ0n) is 14.0. The first-order valence-electron chi connectivity index (χ1n) is 8.41. The molecule has 7 heteroatoms. The number of benzene rings is 1. The highest BCUT2D eigenvalue weighted by atomic mass is 16.5. The SMILES string of the molecule is COC(=O)c1cnc(Nc2ccc3c(c2)nc2n3CCCCC2)nc1. The van der Waals surface area contributed by atoms with Crippen LogP contribution in [0.25, 0.3) is 11.0 Å². The van der Waals surface area contributed by atoms with Gasteiger partial charge in [-0.1, -0.05) is 6.42 Å². The highest BCUT2D eigenvalue weighted by Gasteiger charge is 2.14. The molecule has 0 bridgehead atoms. The number of hydrogen-bond donors (Lipinski definition) is 1. The number of esters is 1. The minimum Gasteiger partial charge on any atom is -0.465 e. The average Bonchev–Trinajstić information content (AvgIpc) is 2.82. The molecule has 4 rings (SSSR count). The Kier molecular flexibility index (Phi) is 4.05. The van der Waals surface area contributed by atoms with Crippen LogP contribution in [0.1, 0.15) is 35.4 Å². The Balaban J connectivity index is 1.58. The summed E-state index contributed by atoms with van der Waals surface area (Å²) >= 11 is 0. The third kappa shape index (κ3) is 3.05. The molecule has 1 N–H and O–H groups in total. The van der Waals surface area contributed by atoms with Crippen molar-refractivity contribution in [2.45, 2.75) is 32.2 Å². The first-order chi connectivity index (χ1) is 12.2. The number of methoxy groups -OCH3 is 1. The van der Waals surface area contributed by atoms with Gasteiger partial charge in [-0.3, -0.25) is 0 Å². The number of anilines is 2. The zero-order valence-corrected chi connectivity index (χ0v) is 14.0. The Morgan fingerprint density at radius 3 is 2.84 bits per heavy atom. The van der Waals surface area contributed by atoms with Crippen molar-refractivity contribution in [3.63, 3.8) is 0 Å². The quantitative estimate of drug-likeness (QED) is 0.740. The molecule has 3 aromatic rings. The number of nitrogens with one attached hydrogen (secondary N) is 1. The molecule has 128 valence electrons. The van der Waals surface area contributed by atoms with Crippen LogP contribution in [0.3, 0.4) is 0 Å². The summed E-state index contributed by atoms with van der Waals surface area (Å²) in [5.74, 6) is 1.14. The van der Waals surface area contributed by atoms with Crippen molar-refractivity contribution < 1.29 is 9.53 Å². The summed E-state index contributed by atoms with van der Waals surface area (Å²) in [7, 11) is 1.33. The van der Waals surface area contributed by atoms with Gasteiger partial charge >= 0.3 is 5.97 Å². The highest BCUT2D eigenvalue weighted by molar-refractivity contribution is 5.88. The largest absolute Gasteiger partial charge is 0.465 e. The molecule has 0 aliphatic carbocycles. The molecule has 0 radical (unpaired) electrons. The molecule has 3 heterocycles. The van der Waals surface area contributed by atoms with Crippen LogP contribution >= 0.6 is 0 Å². The van der Waals surface area contributed by atoms with E-state index < -0.39 is 5.97 Å². The van der Waals surface area contributed by atoms with Crippen LogP contribution in [0.2, 0.25) is 0 Å². The van der Waals surface area contributed by atoms with Crippen molar-refractivity contribution in [3.8, 4) is 0 Å². The molecule has 0 atom stereocenters. The second-order valence-electron chi connectivity index (χ2n) is 6.11. The fourth-order valence-corrected chi connectivity index (χ4v) is 3.17. The monoisotopic (exact) mass is 337 g/mol. The van der Waals surface area contributed by atoms with E-state index in [1.165, 1.54) is 50.1 Å². The molecule has 7 nitrogen and oxygen atoms in total. The number of fused-ring (bicyclic) bond motifs is 3. The number of nitrogens with zero attached hydrogens (tertiary/aromatic N) is 4. The lowest BCUT2D eigenvalue weighted by atomic mass is 10.2. The van der Waals surface area contributed by atoms with Crippen molar-refractivity contribution in [2.24, 2.45) is 0 Å². The predicted octanol–water partition coefficient (Wildman–Crippen LogP) is 3.08. The minimum absolute atomic E-state index is 0.321. The lowest BCUT2D eigenvalue weighted by Gasteiger charge is -2.06. The van der Waals surface area contributed by atoms with Gasteiger partial charge in [-0.2, -0.15) is 0 Å². The van der Waals surface area contributed by atoms with Gasteiger partial charge in [0.15, 0.2) is 0 Å². The highest BCUT2D eigenvalue weighted by Crippen LogP contribution is 2.25. The topological polar surface area (TPSA) is 81.9 Å². The van der Waals surface area contributed by atoms with Crippen LogP contribution in [-0.4, -0.2) is 32.6 Å².